The molecule has 0 bridgehead atoms. The quantitative estimate of drug-likeness (QED) is 0.783. The highest BCUT2D eigenvalue weighted by atomic mass is 16.3. The summed E-state index contributed by atoms with van der Waals surface area (Å²) in [7, 11) is 0. The van der Waals surface area contributed by atoms with Crippen molar-refractivity contribution >= 4 is 5.91 Å². The van der Waals surface area contributed by atoms with Crippen molar-refractivity contribution < 1.29 is 9.90 Å². The minimum absolute atomic E-state index is 0.0324. The van der Waals surface area contributed by atoms with Crippen LogP contribution in [0.3, 0.4) is 0 Å². The number of rotatable bonds is 3. The third-order valence-corrected chi connectivity index (χ3v) is 3.89. The molecule has 0 unspecified atom stereocenters. The van der Waals surface area contributed by atoms with Crippen LogP contribution in [-0.4, -0.2) is 38.3 Å². The van der Waals surface area contributed by atoms with Gasteiger partial charge in [-0.1, -0.05) is 40.0 Å². The van der Waals surface area contributed by atoms with Gasteiger partial charge >= 0.3 is 0 Å². The van der Waals surface area contributed by atoms with Crippen molar-refractivity contribution in [3.63, 3.8) is 0 Å². The number of amides is 1. The maximum Gasteiger partial charge on any atom is 0.291 e. The molecule has 1 amide bonds. The molecular formula is C14H24N4O2. The van der Waals surface area contributed by atoms with E-state index in [9.17, 15) is 9.90 Å². The molecular weight excluding hydrogens is 256 g/mol. The lowest BCUT2D eigenvalue weighted by Crippen LogP contribution is -2.52. The van der Waals surface area contributed by atoms with Crippen LogP contribution >= 0.6 is 0 Å². The molecule has 1 aromatic rings. The molecule has 1 saturated carbocycles. The van der Waals surface area contributed by atoms with Crippen LogP contribution in [0.4, 0.5) is 0 Å². The first kappa shape index (κ1) is 15.0. The number of aromatic amines is 1. The second-order valence-corrected chi connectivity index (χ2v) is 6.71. The fourth-order valence-corrected chi connectivity index (χ4v) is 2.55. The number of H-pyrrole nitrogens is 1. The number of carbonyl (C=O) groups excluding carboxylic acids is 1. The van der Waals surface area contributed by atoms with Crippen molar-refractivity contribution in [2.45, 2.75) is 63.8 Å². The van der Waals surface area contributed by atoms with Crippen LogP contribution in [0.15, 0.2) is 0 Å². The summed E-state index contributed by atoms with van der Waals surface area (Å²) in [6, 6.07) is 0. The van der Waals surface area contributed by atoms with E-state index in [1.165, 1.54) is 0 Å². The molecule has 20 heavy (non-hydrogen) atoms. The zero-order valence-corrected chi connectivity index (χ0v) is 12.5. The first-order valence-electron chi connectivity index (χ1n) is 7.23. The summed E-state index contributed by atoms with van der Waals surface area (Å²) in [5, 5.41) is 19.3. The predicted octanol–water partition coefficient (Wildman–Crippen LogP) is 1.53. The Balaban J connectivity index is 2.09. The van der Waals surface area contributed by atoms with Crippen LogP contribution < -0.4 is 5.32 Å². The van der Waals surface area contributed by atoms with Crippen LogP contribution in [-0.2, 0) is 5.41 Å². The lowest BCUT2D eigenvalue weighted by Gasteiger charge is -2.36. The van der Waals surface area contributed by atoms with Gasteiger partial charge in [-0.2, -0.15) is 0 Å². The Morgan fingerprint density at radius 2 is 2.00 bits per heavy atom. The summed E-state index contributed by atoms with van der Waals surface area (Å²) in [6.45, 7) is 5.98. The largest absolute Gasteiger partial charge is 0.394 e. The topological polar surface area (TPSA) is 90.9 Å². The Kier molecular flexibility index (Phi) is 4.13. The summed E-state index contributed by atoms with van der Waals surface area (Å²) >= 11 is 0. The molecule has 3 N–H and O–H groups in total. The lowest BCUT2D eigenvalue weighted by molar-refractivity contribution is 0.0749. The van der Waals surface area contributed by atoms with Crippen LogP contribution in [0.1, 0.15) is 69.3 Å². The van der Waals surface area contributed by atoms with Gasteiger partial charge in [0.15, 0.2) is 0 Å². The van der Waals surface area contributed by atoms with E-state index in [0.717, 1.165) is 32.1 Å². The van der Waals surface area contributed by atoms with Gasteiger partial charge in [-0.3, -0.25) is 9.89 Å². The van der Waals surface area contributed by atoms with Gasteiger partial charge in [0.1, 0.15) is 5.82 Å². The Morgan fingerprint density at radius 3 is 2.50 bits per heavy atom. The highest BCUT2D eigenvalue weighted by Gasteiger charge is 2.34. The second-order valence-electron chi connectivity index (χ2n) is 6.71. The molecule has 0 atom stereocenters. The second kappa shape index (κ2) is 5.52. The zero-order chi connectivity index (χ0) is 14.8. The molecule has 1 fully saturated rings. The maximum absolute atomic E-state index is 12.3. The van der Waals surface area contributed by atoms with Crippen LogP contribution in [0.2, 0.25) is 0 Å². The van der Waals surface area contributed by atoms with Crippen molar-refractivity contribution in [2.24, 2.45) is 0 Å². The van der Waals surface area contributed by atoms with Crippen molar-refractivity contribution in [2.75, 3.05) is 6.61 Å². The SMILES string of the molecule is CC(C)(C)c1nc(C(=O)NC2(CO)CCCCC2)n[nH]1. The zero-order valence-electron chi connectivity index (χ0n) is 12.5. The third-order valence-electron chi connectivity index (χ3n) is 3.89. The molecule has 0 aromatic carbocycles. The molecule has 0 radical (unpaired) electrons. The number of aliphatic hydroxyl groups excluding tert-OH is 1. The molecule has 6 heteroatoms. The molecule has 2 rings (SSSR count). The normalized spacial score (nSPS) is 18.8. The molecule has 112 valence electrons. The van der Waals surface area contributed by atoms with E-state index in [1.807, 2.05) is 20.8 Å². The molecule has 0 aliphatic heterocycles. The Hall–Kier alpha value is -1.43. The van der Waals surface area contributed by atoms with Gasteiger partial charge in [0, 0.05) is 5.41 Å². The summed E-state index contributed by atoms with van der Waals surface area (Å²) in [6.07, 6.45) is 4.84. The summed E-state index contributed by atoms with van der Waals surface area (Å²) in [5.74, 6) is 0.519. The number of carbonyl (C=O) groups is 1. The third kappa shape index (κ3) is 3.17. The van der Waals surface area contributed by atoms with E-state index >= 15 is 0 Å². The number of nitrogens with one attached hydrogen (secondary N) is 2. The van der Waals surface area contributed by atoms with Gasteiger partial charge in [0.25, 0.3) is 5.91 Å². The van der Waals surface area contributed by atoms with Gasteiger partial charge in [0.2, 0.25) is 5.82 Å². The Morgan fingerprint density at radius 1 is 1.35 bits per heavy atom. The van der Waals surface area contributed by atoms with E-state index < -0.39 is 5.54 Å². The number of aliphatic hydroxyl groups is 1. The molecule has 1 heterocycles. The molecule has 1 aliphatic rings. The molecule has 0 spiro atoms. The van der Waals surface area contributed by atoms with Crippen molar-refractivity contribution in [3.05, 3.63) is 11.6 Å². The highest BCUT2D eigenvalue weighted by molar-refractivity contribution is 5.90. The van der Waals surface area contributed by atoms with Gasteiger partial charge < -0.3 is 10.4 Å². The van der Waals surface area contributed by atoms with Crippen molar-refractivity contribution in [1.29, 1.82) is 0 Å². The smallest absolute Gasteiger partial charge is 0.291 e. The average molecular weight is 280 g/mol. The van der Waals surface area contributed by atoms with Crippen LogP contribution in [0, 0.1) is 0 Å². The standard InChI is InChI=1S/C14H24N4O2/c1-13(2,3)12-15-10(17-18-12)11(20)16-14(9-19)7-5-4-6-8-14/h19H,4-9H2,1-3H3,(H,16,20)(H,15,17,18). The molecule has 1 aliphatic carbocycles. The van der Waals surface area contributed by atoms with E-state index in [2.05, 4.69) is 20.5 Å². The predicted molar refractivity (Wildman–Crippen MR) is 75.5 cm³/mol. The first-order valence-corrected chi connectivity index (χ1v) is 7.23. The van der Waals surface area contributed by atoms with E-state index in [4.69, 9.17) is 0 Å². The minimum atomic E-state index is -0.502. The van der Waals surface area contributed by atoms with E-state index in [0.29, 0.717) is 5.82 Å². The van der Waals surface area contributed by atoms with E-state index in [-0.39, 0.29) is 23.8 Å². The number of hydrogen-bond donors (Lipinski definition) is 3. The minimum Gasteiger partial charge on any atom is -0.394 e. The van der Waals surface area contributed by atoms with Gasteiger partial charge in [0.05, 0.1) is 12.1 Å². The van der Waals surface area contributed by atoms with Gasteiger partial charge in [-0.15, -0.1) is 5.10 Å². The van der Waals surface area contributed by atoms with Crippen LogP contribution in [0.25, 0.3) is 0 Å². The lowest BCUT2D eigenvalue weighted by atomic mass is 9.82. The van der Waals surface area contributed by atoms with E-state index in [1.54, 1.807) is 0 Å². The first-order chi connectivity index (χ1) is 9.36. The van der Waals surface area contributed by atoms with Crippen LogP contribution in [0.5, 0.6) is 0 Å². The molecule has 1 aromatic heterocycles. The average Bonchev–Trinajstić information content (AvgIpc) is 2.89. The Labute approximate surface area is 119 Å². The number of nitrogens with zero attached hydrogens (tertiary/aromatic N) is 2. The summed E-state index contributed by atoms with van der Waals surface area (Å²) in [4.78, 5) is 16.5. The molecule has 6 nitrogen and oxygen atoms in total. The summed E-state index contributed by atoms with van der Waals surface area (Å²) < 4.78 is 0. The van der Waals surface area contributed by atoms with Crippen molar-refractivity contribution in [1.82, 2.24) is 20.5 Å². The van der Waals surface area contributed by atoms with Gasteiger partial charge in [-0.05, 0) is 12.8 Å². The fourth-order valence-electron chi connectivity index (χ4n) is 2.55. The summed E-state index contributed by atoms with van der Waals surface area (Å²) in [5.41, 5.74) is -0.678. The Bertz CT molecular complexity index is 470. The van der Waals surface area contributed by atoms with Gasteiger partial charge in [-0.25, -0.2) is 4.98 Å². The monoisotopic (exact) mass is 280 g/mol. The molecule has 0 saturated heterocycles. The number of hydrogen-bond acceptors (Lipinski definition) is 4. The fraction of sp³-hybridized carbons (Fsp3) is 0.786. The maximum atomic E-state index is 12.3. The van der Waals surface area contributed by atoms with Crippen molar-refractivity contribution in [3.8, 4) is 0 Å². The highest BCUT2D eigenvalue weighted by Crippen LogP contribution is 2.28. The number of aromatic nitrogens is 3.